The first-order valence-corrected chi connectivity index (χ1v) is 6.60. The molecule has 0 saturated heterocycles. The fourth-order valence-electron chi connectivity index (χ4n) is 1.72. The summed E-state index contributed by atoms with van der Waals surface area (Å²) in [6.07, 6.45) is 3.00. The Hall–Kier alpha value is -2.40. The van der Waals surface area contributed by atoms with Crippen LogP contribution in [0.2, 0.25) is 0 Å². The van der Waals surface area contributed by atoms with E-state index in [4.69, 9.17) is 10.2 Å². The third kappa shape index (κ3) is 5.71. The maximum Gasteiger partial charge on any atom is 0.128 e. The molecule has 0 bridgehead atoms. The number of benzene rings is 2. The van der Waals surface area contributed by atoms with Gasteiger partial charge in [0.25, 0.3) is 0 Å². The van der Waals surface area contributed by atoms with E-state index in [1.54, 1.807) is 12.1 Å². The van der Waals surface area contributed by atoms with Crippen molar-refractivity contribution >= 4 is 12.4 Å². The van der Waals surface area contributed by atoms with E-state index in [1.807, 2.05) is 0 Å². The van der Waals surface area contributed by atoms with E-state index in [0.29, 0.717) is 24.2 Å². The van der Waals surface area contributed by atoms with Gasteiger partial charge in [0, 0.05) is 55.2 Å². The van der Waals surface area contributed by atoms with Gasteiger partial charge in [0.05, 0.1) is 13.1 Å². The van der Waals surface area contributed by atoms with E-state index in [9.17, 15) is 10.2 Å². The molecule has 0 heterocycles. The molecular weight excluding hydrogens is 350 g/mol. The third-order valence-corrected chi connectivity index (χ3v) is 2.85. The number of hydrogen-bond donors (Lipinski definition) is 4. The fraction of sp³-hybridized carbons (Fsp3) is 0.125. The van der Waals surface area contributed by atoms with Gasteiger partial charge in [-0.3, -0.25) is 9.98 Å². The molecule has 0 spiro atoms. The van der Waals surface area contributed by atoms with Gasteiger partial charge in [-0.05, 0) is 24.3 Å². The van der Waals surface area contributed by atoms with Gasteiger partial charge in [-0.1, -0.05) is 0 Å². The summed E-state index contributed by atoms with van der Waals surface area (Å²) in [4.78, 5) is 8.23. The minimum absolute atomic E-state index is 0. The maximum absolute atomic E-state index is 9.57. The number of nitrogens with zero attached hydrogens (tertiary/aromatic N) is 2. The summed E-state index contributed by atoms with van der Waals surface area (Å²) in [5, 5.41) is 37.5. The van der Waals surface area contributed by atoms with Crippen LogP contribution in [0.5, 0.6) is 23.0 Å². The van der Waals surface area contributed by atoms with E-state index in [-0.39, 0.29) is 42.5 Å². The molecule has 0 unspecified atom stereocenters. The summed E-state index contributed by atoms with van der Waals surface area (Å²) in [5.74, 6) is -0.0940. The zero-order valence-corrected chi connectivity index (χ0v) is 15.4. The Morgan fingerprint density at radius 3 is 1.43 bits per heavy atom. The predicted molar refractivity (Wildman–Crippen MR) is 84.5 cm³/mol. The van der Waals surface area contributed by atoms with Crippen molar-refractivity contribution in [2.45, 2.75) is 0 Å². The smallest absolute Gasteiger partial charge is 0.128 e. The van der Waals surface area contributed by atoms with E-state index >= 15 is 0 Å². The Morgan fingerprint density at radius 1 is 0.696 bits per heavy atom. The zero-order chi connectivity index (χ0) is 15.9. The summed E-state index contributed by atoms with van der Waals surface area (Å²) in [6, 6.07) is 8.54. The summed E-state index contributed by atoms with van der Waals surface area (Å²) in [7, 11) is 0. The van der Waals surface area contributed by atoms with Crippen molar-refractivity contribution in [1.29, 1.82) is 0 Å². The second-order valence-electron chi connectivity index (χ2n) is 4.56. The molecule has 0 amide bonds. The Kier molecular flexibility index (Phi) is 7.22. The number of hydrogen-bond acceptors (Lipinski definition) is 6. The molecule has 0 aliphatic carbocycles. The van der Waals surface area contributed by atoms with Crippen molar-refractivity contribution in [2.24, 2.45) is 9.98 Å². The topological polar surface area (TPSA) is 106 Å². The molecule has 0 aliphatic heterocycles. The van der Waals surface area contributed by atoms with Gasteiger partial charge < -0.3 is 20.4 Å². The van der Waals surface area contributed by atoms with Crippen molar-refractivity contribution in [3.05, 3.63) is 47.5 Å². The average molecular weight is 366 g/mol. The van der Waals surface area contributed by atoms with E-state index in [0.717, 1.165) is 0 Å². The van der Waals surface area contributed by atoms with Gasteiger partial charge in [-0.2, -0.15) is 0 Å². The molecular formula is C16H16N2O4Zn. The first kappa shape index (κ1) is 18.7. The van der Waals surface area contributed by atoms with Crippen molar-refractivity contribution in [3.8, 4) is 23.0 Å². The summed E-state index contributed by atoms with van der Waals surface area (Å²) in [5.41, 5.74) is 1.02. The number of phenolic OH excluding ortho intramolecular Hbond substituents is 4. The maximum atomic E-state index is 9.57. The van der Waals surface area contributed by atoms with Crippen LogP contribution in [0, 0.1) is 0 Å². The summed E-state index contributed by atoms with van der Waals surface area (Å²) < 4.78 is 0. The normalized spacial score (nSPS) is 11.0. The van der Waals surface area contributed by atoms with E-state index < -0.39 is 0 Å². The monoisotopic (exact) mass is 364 g/mol. The van der Waals surface area contributed by atoms with Crippen molar-refractivity contribution in [2.75, 3.05) is 13.1 Å². The fourth-order valence-corrected chi connectivity index (χ4v) is 1.72. The molecule has 0 saturated carbocycles. The number of aliphatic imine (C=N–C) groups is 2. The zero-order valence-electron chi connectivity index (χ0n) is 12.4. The second kappa shape index (κ2) is 8.90. The summed E-state index contributed by atoms with van der Waals surface area (Å²) in [6.45, 7) is 0.825. The minimum Gasteiger partial charge on any atom is -0.508 e. The van der Waals surface area contributed by atoms with Crippen LogP contribution in [0.25, 0.3) is 0 Å². The van der Waals surface area contributed by atoms with Gasteiger partial charge in [-0.15, -0.1) is 0 Å². The van der Waals surface area contributed by atoms with Crippen LogP contribution in [-0.4, -0.2) is 45.9 Å². The molecule has 2 aromatic carbocycles. The average Bonchev–Trinajstić information content (AvgIpc) is 2.46. The van der Waals surface area contributed by atoms with Crippen LogP contribution in [-0.2, 0) is 19.5 Å². The van der Waals surface area contributed by atoms with Crippen molar-refractivity contribution in [3.63, 3.8) is 0 Å². The SMILES string of the molecule is Oc1ccc(C=NCCN=Cc2ccc(O)cc2O)c(O)c1.[Zn]. The Balaban J connectivity index is 0.00000264. The molecule has 4 N–H and O–H groups in total. The molecule has 2 aromatic rings. The van der Waals surface area contributed by atoms with Gasteiger partial charge >= 0.3 is 0 Å². The first-order valence-electron chi connectivity index (χ1n) is 6.60. The van der Waals surface area contributed by atoms with Gasteiger partial charge in [-0.25, -0.2) is 0 Å². The van der Waals surface area contributed by atoms with Crippen LogP contribution in [0.4, 0.5) is 0 Å². The molecule has 0 fully saturated rings. The molecule has 2 rings (SSSR count). The molecule has 0 aliphatic rings. The minimum atomic E-state index is -0.0405. The predicted octanol–water partition coefficient (Wildman–Crippen LogP) is 2.04. The largest absolute Gasteiger partial charge is 0.508 e. The number of rotatable bonds is 5. The van der Waals surface area contributed by atoms with Crippen LogP contribution in [0.1, 0.15) is 11.1 Å². The van der Waals surface area contributed by atoms with Crippen LogP contribution >= 0.6 is 0 Å². The summed E-state index contributed by atoms with van der Waals surface area (Å²) >= 11 is 0. The Labute approximate surface area is 146 Å². The van der Waals surface area contributed by atoms with Crippen LogP contribution in [0.3, 0.4) is 0 Å². The Morgan fingerprint density at radius 2 is 1.09 bits per heavy atom. The molecule has 23 heavy (non-hydrogen) atoms. The first-order chi connectivity index (χ1) is 10.6. The number of aromatic hydroxyl groups is 4. The molecule has 0 radical (unpaired) electrons. The van der Waals surface area contributed by atoms with Gasteiger partial charge in [0.1, 0.15) is 23.0 Å². The van der Waals surface area contributed by atoms with Gasteiger partial charge in [0.2, 0.25) is 0 Å². The molecule has 0 aromatic heterocycles. The third-order valence-electron chi connectivity index (χ3n) is 2.85. The van der Waals surface area contributed by atoms with Crippen molar-refractivity contribution < 1.29 is 39.9 Å². The van der Waals surface area contributed by atoms with Gasteiger partial charge in [0.15, 0.2) is 0 Å². The van der Waals surface area contributed by atoms with E-state index in [1.165, 1.54) is 36.7 Å². The molecule has 6 nitrogen and oxygen atoms in total. The molecule has 116 valence electrons. The van der Waals surface area contributed by atoms with Crippen LogP contribution < -0.4 is 0 Å². The quantitative estimate of drug-likeness (QED) is 0.369. The Bertz CT molecular complexity index is 656. The number of phenols is 4. The molecule has 0 atom stereocenters. The van der Waals surface area contributed by atoms with Crippen molar-refractivity contribution in [1.82, 2.24) is 0 Å². The van der Waals surface area contributed by atoms with Crippen LogP contribution in [0.15, 0.2) is 46.4 Å². The second-order valence-corrected chi connectivity index (χ2v) is 4.56. The molecule has 7 heteroatoms. The van der Waals surface area contributed by atoms with E-state index in [2.05, 4.69) is 9.98 Å². The standard InChI is InChI=1S/C16H16N2O4.Zn/c19-13-3-1-11(15(21)7-13)9-17-5-6-18-10-12-2-4-14(20)8-16(12)22;/h1-4,7-10,19-22H,5-6H2;.